The standard InChI is InChI=1S/C19H15N3O5/c1-11-3-5-14(6-4-11)21-19(23)15(12(2)20-21)7-13-8-17-18(27-10-26-17)9-16(13)22(24)25/h3-9H,10H2,1-2H3. The predicted molar refractivity (Wildman–Crippen MR) is 99.0 cm³/mol. The zero-order valence-corrected chi connectivity index (χ0v) is 14.6. The van der Waals surface area contributed by atoms with Crippen LogP contribution in [0.1, 0.15) is 18.1 Å². The number of ether oxygens (including phenoxy) is 2. The third-order valence-corrected chi connectivity index (χ3v) is 4.36. The molecule has 8 heteroatoms. The Morgan fingerprint density at radius 1 is 1.15 bits per heavy atom. The molecular weight excluding hydrogens is 350 g/mol. The van der Waals surface area contributed by atoms with E-state index in [0.29, 0.717) is 22.9 Å². The molecule has 8 nitrogen and oxygen atoms in total. The maximum atomic E-state index is 12.8. The first-order valence-electron chi connectivity index (χ1n) is 8.20. The second-order valence-electron chi connectivity index (χ2n) is 6.22. The number of fused-ring (bicyclic) bond motifs is 1. The molecule has 0 saturated carbocycles. The number of carbonyl (C=O) groups excluding carboxylic acids is 1. The summed E-state index contributed by atoms with van der Waals surface area (Å²) in [5, 5.41) is 17.0. The Morgan fingerprint density at radius 2 is 1.81 bits per heavy atom. The van der Waals surface area contributed by atoms with Gasteiger partial charge in [-0.25, -0.2) is 0 Å². The van der Waals surface area contributed by atoms with Crippen LogP contribution in [0.25, 0.3) is 6.08 Å². The van der Waals surface area contributed by atoms with Gasteiger partial charge < -0.3 is 9.47 Å². The molecule has 2 heterocycles. The van der Waals surface area contributed by atoms with Crippen molar-refractivity contribution in [2.45, 2.75) is 13.8 Å². The number of nitro benzene ring substituents is 1. The van der Waals surface area contributed by atoms with E-state index in [9.17, 15) is 14.9 Å². The summed E-state index contributed by atoms with van der Waals surface area (Å²) in [4.78, 5) is 23.8. The van der Waals surface area contributed by atoms with Gasteiger partial charge in [0.2, 0.25) is 6.79 Å². The fraction of sp³-hybridized carbons (Fsp3) is 0.158. The van der Waals surface area contributed by atoms with Gasteiger partial charge in [-0.3, -0.25) is 14.9 Å². The molecule has 27 heavy (non-hydrogen) atoms. The molecule has 0 saturated heterocycles. The average Bonchev–Trinajstić information content (AvgIpc) is 3.20. The lowest BCUT2D eigenvalue weighted by atomic mass is 10.0. The normalized spacial score (nSPS) is 16.8. The third-order valence-electron chi connectivity index (χ3n) is 4.36. The first-order chi connectivity index (χ1) is 12.9. The van der Waals surface area contributed by atoms with Crippen molar-refractivity contribution in [2.24, 2.45) is 5.10 Å². The first kappa shape index (κ1) is 16.8. The van der Waals surface area contributed by atoms with E-state index in [-0.39, 0.29) is 29.5 Å². The van der Waals surface area contributed by atoms with E-state index in [1.54, 1.807) is 19.1 Å². The Labute approximate surface area is 154 Å². The van der Waals surface area contributed by atoms with Gasteiger partial charge in [0.1, 0.15) is 0 Å². The minimum atomic E-state index is -0.516. The SMILES string of the molecule is CC1=NN(c2ccc(C)cc2)C(=O)C1=Cc1cc2c(cc1[N+](=O)[O-])OCO2. The van der Waals surface area contributed by atoms with Gasteiger partial charge in [0.15, 0.2) is 11.5 Å². The van der Waals surface area contributed by atoms with Crippen molar-refractivity contribution >= 4 is 29.1 Å². The van der Waals surface area contributed by atoms with Gasteiger partial charge in [-0.2, -0.15) is 10.1 Å². The number of nitrogens with zero attached hydrogens (tertiary/aromatic N) is 3. The van der Waals surface area contributed by atoms with Crippen molar-refractivity contribution < 1.29 is 19.2 Å². The molecule has 0 N–H and O–H groups in total. The molecule has 136 valence electrons. The van der Waals surface area contributed by atoms with Gasteiger partial charge in [-0.05, 0) is 38.1 Å². The van der Waals surface area contributed by atoms with Gasteiger partial charge in [-0.15, -0.1) is 0 Å². The summed E-state index contributed by atoms with van der Waals surface area (Å²) in [6, 6.07) is 10.2. The first-order valence-corrected chi connectivity index (χ1v) is 8.20. The summed E-state index contributed by atoms with van der Waals surface area (Å²) in [6.45, 7) is 3.65. The number of rotatable bonds is 3. The lowest BCUT2D eigenvalue weighted by Crippen LogP contribution is -2.21. The van der Waals surface area contributed by atoms with Gasteiger partial charge in [0.05, 0.1) is 33.5 Å². The van der Waals surface area contributed by atoms with Crippen molar-refractivity contribution in [3.8, 4) is 11.5 Å². The molecule has 4 rings (SSSR count). The van der Waals surface area contributed by atoms with E-state index in [1.807, 2.05) is 19.1 Å². The summed E-state index contributed by atoms with van der Waals surface area (Å²) >= 11 is 0. The molecule has 0 fully saturated rings. The summed E-state index contributed by atoms with van der Waals surface area (Å²) < 4.78 is 10.5. The number of nitro groups is 1. The number of amides is 1. The van der Waals surface area contributed by atoms with Crippen molar-refractivity contribution in [1.82, 2.24) is 0 Å². The Bertz CT molecular complexity index is 1020. The monoisotopic (exact) mass is 365 g/mol. The van der Waals surface area contributed by atoms with Crippen LogP contribution < -0.4 is 14.5 Å². The number of aryl methyl sites for hydroxylation is 1. The third kappa shape index (κ3) is 2.91. The molecule has 2 aromatic rings. The van der Waals surface area contributed by atoms with Gasteiger partial charge >= 0.3 is 0 Å². The van der Waals surface area contributed by atoms with E-state index >= 15 is 0 Å². The molecule has 0 radical (unpaired) electrons. The van der Waals surface area contributed by atoms with E-state index in [1.165, 1.54) is 23.2 Å². The molecular formula is C19H15N3O5. The Morgan fingerprint density at radius 3 is 2.48 bits per heavy atom. The van der Waals surface area contributed by atoms with E-state index in [2.05, 4.69) is 5.10 Å². The lowest BCUT2D eigenvalue weighted by Gasteiger charge is -2.11. The van der Waals surface area contributed by atoms with Gasteiger partial charge in [0, 0.05) is 0 Å². The zero-order chi connectivity index (χ0) is 19.1. The topological polar surface area (TPSA) is 94.3 Å². The molecule has 2 aliphatic heterocycles. The van der Waals surface area contributed by atoms with Crippen molar-refractivity contribution in [2.75, 3.05) is 11.8 Å². The van der Waals surface area contributed by atoms with Crippen LogP contribution in [0.4, 0.5) is 11.4 Å². The van der Waals surface area contributed by atoms with Crippen LogP contribution in [-0.2, 0) is 4.79 Å². The Balaban J connectivity index is 1.75. The summed E-state index contributed by atoms with van der Waals surface area (Å²) in [5.41, 5.74) is 2.56. The molecule has 1 amide bonds. The van der Waals surface area contributed by atoms with Crippen LogP contribution in [0.15, 0.2) is 47.1 Å². The van der Waals surface area contributed by atoms with Crippen LogP contribution in [0.3, 0.4) is 0 Å². The largest absolute Gasteiger partial charge is 0.454 e. The minimum absolute atomic E-state index is 0.00707. The quantitative estimate of drug-likeness (QED) is 0.472. The maximum absolute atomic E-state index is 12.8. The molecule has 0 aliphatic carbocycles. The van der Waals surface area contributed by atoms with Gasteiger partial charge in [0.25, 0.3) is 11.6 Å². The highest BCUT2D eigenvalue weighted by Crippen LogP contribution is 2.39. The predicted octanol–water partition coefficient (Wildman–Crippen LogP) is 3.44. The number of hydrogen-bond donors (Lipinski definition) is 0. The van der Waals surface area contributed by atoms with Crippen LogP contribution in [0.2, 0.25) is 0 Å². The number of hydrogen-bond acceptors (Lipinski definition) is 6. The second kappa shape index (κ2) is 6.24. The lowest BCUT2D eigenvalue weighted by molar-refractivity contribution is -0.385. The van der Waals surface area contributed by atoms with E-state index in [4.69, 9.17) is 9.47 Å². The Hall–Kier alpha value is -3.68. The summed E-state index contributed by atoms with van der Waals surface area (Å²) in [7, 11) is 0. The smallest absolute Gasteiger partial charge is 0.280 e. The highest BCUT2D eigenvalue weighted by molar-refractivity contribution is 6.32. The Kier molecular flexibility index (Phi) is 3.88. The summed E-state index contributed by atoms with van der Waals surface area (Å²) in [6.07, 6.45) is 1.47. The van der Waals surface area contributed by atoms with Gasteiger partial charge in [-0.1, -0.05) is 17.7 Å². The number of anilines is 1. The molecule has 0 unspecified atom stereocenters. The number of benzene rings is 2. The second-order valence-corrected chi connectivity index (χ2v) is 6.22. The fourth-order valence-electron chi connectivity index (χ4n) is 2.92. The van der Waals surface area contributed by atoms with Crippen LogP contribution >= 0.6 is 0 Å². The van der Waals surface area contributed by atoms with Crippen LogP contribution in [-0.4, -0.2) is 23.3 Å². The number of carbonyl (C=O) groups is 1. The van der Waals surface area contributed by atoms with Crippen molar-refractivity contribution in [3.63, 3.8) is 0 Å². The zero-order valence-electron chi connectivity index (χ0n) is 14.6. The highest BCUT2D eigenvalue weighted by atomic mass is 16.7. The maximum Gasteiger partial charge on any atom is 0.280 e. The molecule has 0 aromatic heterocycles. The molecule has 0 atom stereocenters. The van der Waals surface area contributed by atoms with Crippen molar-refractivity contribution in [3.05, 3.63) is 63.2 Å². The summed E-state index contributed by atoms with van der Waals surface area (Å²) in [5.74, 6) is 0.375. The number of hydrazone groups is 1. The highest BCUT2D eigenvalue weighted by Gasteiger charge is 2.30. The van der Waals surface area contributed by atoms with Crippen molar-refractivity contribution in [1.29, 1.82) is 0 Å². The minimum Gasteiger partial charge on any atom is -0.454 e. The molecule has 0 bridgehead atoms. The van der Waals surface area contributed by atoms with Crippen LogP contribution in [0.5, 0.6) is 11.5 Å². The van der Waals surface area contributed by atoms with Crippen LogP contribution in [0, 0.1) is 17.0 Å². The van der Waals surface area contributed by atoms with E-state index < -0.39 is 4.92 Å². The fourth-order valence-corrected chi connectivity index (χ4v) is 2.92. The average molecular weight is 365 g/mol. The molecule has 0 spiro atoms. The van der Waals surface area contributed by atoms with E-state index in [0.717, 1.165) is 5.56 Å². The molecule has 2 aromatic carbocycles. The molecule has 2 aliphatic rings.